The maximum atomic E-state index is 12.7. The van der Waals surface area contributed by atoms with Crippen LogP contribution < -0.4 is 0 Å². The van der Waals surface area contributed by atoms with Crippen molar-refractivity contribution < 1.29 is 9.90 Å². The highest BCUT2D eigenvalue weighted by Crippen LogP contribution is 2.39. The number of hydrogen-bond acceptors (Lipinski definition) is 4. The quantitative estimate of drug-likeness (QED) is 0.688. The molecule has 2 rings (SSSR count). The summed E-state index contributed by atoms with van der Waals surface area (Å²) < 4.78 is 0. The number of rotatable bonds is 3. The largest absolute Gasteiger partial charge is 0.507 e. The van der Waals surface area contributed by atoms with Crippen molar-refractivity contribution in [1.82, 2.24) is 4.90 Å². The van der Waals surface area contributed by atoms with E-state index in [1.165, 1.54) is 0 Å². The standard InChI is InChI=1S/C19H27NO2S.BrH/c1-18(2,3)14-9-13(10-15(17(14)22)19(4,5)6)16(21)11-20-7-8-23-12-20;/h7-10,22H,11-12H2,1-6H3;1H. The van der Waals surface area contributed by atoms with Crippen LogP contribution in [0.15, 0.2) is 23.7 Å². The van der Waals surface area contributed by atoms with E-state index >= 15 is 0 Å². The fourth-order valence-corrected chi connectivity index (χ4v) is 3.34. The number of aromatic hydroxyl groups is 1. The number of nitrogens with zero attached hydrogens (tertiary/aromatic N) is 1. The van der Waals surface area contributed by atoms with E-state index in [9.17, 15) is 9.90 Å². The van der Waals surface area contributed by atoms with Crippen molar-refractivity contribution in [2.75, 3.05) is 12.4 Å². The van der Waals surface area contributed by atoms with E-state index in [1.807, 2.05) is 28.6 Å². The fourth-order valence-electron chi connectivity index (χ4n) is 2.62. The summed E-state index contributed by atoms with van der Waals surface area (Å²) in [5.41, 5.74) is 1.91. The number of Topliss-reactive ketones (excluding diaryl/α,β-unsaturated/α-hetero) is 1. The van der Waals surface area contributed by atoms with E-state index in [0.717, 1.165) is 17.0 Å². The number of carbonyl (C=O) groups is 1. The van der Waals surface area contributed by atoms with E-state index in [2.05, 4.69) is 41.5 Å². The molecule has 5 heteroatoms. The molecule has 0 aromatic heterocycles. The predicted molar refractivity (Wildman–Crippen MR) is 108 cm³/mol. The molecule has 0 saturated carbocycles. The Balaban J connectivity index is 0.00000288. The molecule has 1 aromatic rings. The third kappa shape index (κ3) is 4.79. The summed E-state index contributed by atoms with van der Waals surface area (Å²) in [6, 6.07) is 3.72. The van der Waals surface area contributed by atoms with Crippen molar-refractivity contribution in [3.63, 3.8) is 0 Å². The number of phenols is 1. The van der Waals surface area contributed by atoms with Gasteiger partial charge in [0.1, 0.15) is 5.75 Å². The average Bonchev–Trinajstić information content (AvgIpc) is 2.88. The summed E-state index contributed by atoms with van der Waals surface area (Å²) in [7, 11) is 0. The molecule has 134 valence electrons. The molecule has 0 aliphatic carbocycles. The lowest BCUT2D eigenvalue weighted by atomic mass is 9.78. The minimum absolute atomic E-state index is 0. The van der Waals surface area contributed by atoms with Crippen LogP contribution in [0.5, 0.6) is 5.75 Å². The molecular formula is C19H28BrNO2S. The summed E-state index contributed by atoms with van der Waals surface area (Å²) in [6.45, 7) is 12.7. The van der Waals surface area contributed by atoms with Gasteiger partial charge in [-0.1, -0.05) is 41.5 Å². The second-order valence-corrected chi connectivity index (χ2v) is 9.03. The Morgan fingerprint density at radius 1 is 1.12 bits per heavy atom. The predicted octanol–water partition coefficient (Wildman–Crippen LogP) is 5.23. The third-order valence-electron chi connectivity index (χ3n) is 4.00. The van der Waals surface area contributed by atoms with Gasteiger partial charge in [0.2, 0.25) is 0 Å². The lowest BCUT2D eigenvalue weighted by Crippen LogP contribution is -2.24. The highest BCUT2D eigenvalue weighted by atomic mass is 79.9. The number of halogens is 1. The van der Waals surface area contributed by atoms with E-state index in [-0.39, 0.29) is 33.6 Å². The van der Waals surface area contributed by atoms with E-state index < -0.39 is 0 Å². The van der Waals surface area contributed by atoms with Gasteiger partial charge in [-0.15, -0.1) is 28.7 Å². The molecule has 1 heterocycles. The van der Waals surface area contributed by atoms with Crippen LogP contribution in [0.25, 0.3) is 0 Å². The van der Waals surface area contributed by atoms with Gasteiger partial charge in [-0.3, -0.25) is 4.79 Å². The van der Waals surface area contributed by atoms with Crippen LogP contribution in [0, 0.1) is 0 Å². The molecule has 1 aliphatic heterocycles. The van der Waals surface area contributed by atoms with Crippen LogP contribution in [0.2, 0.25) is 0 Å². The minimum Gasteiger partial charge on any atom is -0.507 e. The summed E-state index contributed by atoms with van der Waals surface area (Å²) >= 11 is 1.69. The Kier molecular flexibility index (Phi) is 6.62. The van der Waals surface area contributed by atoms with Gasteiger partial charge in [-0.2, -0.15) is 0 Å². The summed E-state index contributed by atoms with van der Waals surface area (Å²) in [5.74, 6) is 1.23. The molecule has 1 N–H and O–H groups in total. The van der Waals surface area contributed by atoms with Gasteiger partial charge in [0, 0.05) is 22.9 Å². The second kappa shape index (κ2) is 7.52. The number of carbonyl (C=O) groups excluding carboxylic acids is 1. The zero-order valence-corrected chi connectivity index (χ0v) is 17.9. The Bertz CT molecular complexity index is 607. The Morgan fingerprint density at radius 2 is 1.62 bits per heavy atom. The monoisotopic (exact) mass is 413 g/mol. The van der Waals surface area contributed by atoms with Gasteiger partial charge >= 0.3 is 0 Å². The molecule has 0 amide bonds. The Morgan fingerprint density at radius 3 is 2.00 bits per heavy atom. The van der Waals surface area contributed by atoms with E-state index in [1.54, 1.807) is 11.8 Å². The minimum atomic E-state index is -0.218. The number of hydrogen-bond donors (Lipinski definition) is 1. The first-order valence-corrected chi connectivity index (χ1v) is 8.98. The molecule has 1 aromatic carbocycles. The maximum absolute atomic E-state index is 12.7. The molecule has 3 nitrogen and oxygen atoms in total. The SMILES string of the molecule is Br.CC(C)(C)c1cc(C(=O)CN2C=CSC2)cc(C(C)(C)C)c1O. The van der Waals surface area contributed by atoms with Gasteiger partial charge in [-0.05, 0) is 28.4 Å². The molecule has 0 saturated heterocycles. The summed E-state index contributed by atoms with van der Waals surface area (Å²) in [4.78, 5) is 14.7. The average molecular weight is 414 g/mol. The van der Waals surface area contributed by atoms with Crippen molar-refractivity contribution in [2.45, 2.75) is 52.4 Å². The fraction of sp³-hybridized carbons (Fsp3) is 0.526. The van der Waals surface area contributed by atoms with Gasteiger partial charge in [0.05, 0.1) is 12.4 Å². The third-order valence-corrected chi connectivity index (χ3v) is 4.80. The van der Waals surface area contributed by atoms with Crippen LogP contribution in [0.3, 0.4) is 0 Å². The van der Waals surface area contributed by atoms with Crippen molar-refractivity contribution in [1.29, 1.82) is 0 Å². The van der Waals surface area contributed by atoms with Crippen molar-refractivity contribution in [3.05, 3.63) is 40.4 Å². The van der Waals surface area contributed by atoms with Crippen molar-refractivity contribution >= 4 is 34.5 Å². The van der Waals surface area contributed by atoms with Crippen LogP contribution >= 0.6 is 28.7 Å². The molecule has 1 aliphatic rings. The number of ketones is 1. The normalized spacial score (nSPS) is 14.7. The smallest absolute Gasteiger partial charge is 0.182 e. The summed E-state index contributed by atoms with van der Waals surface area (Å²) in [6.07, 6.45) is 1.96. The highest BCUT2D eigenvalue weighted by Gasteiger charge is 2.28. The maximum Gasteiger partial charge on any atom is 0.182 e. The van der Waals surface area contributed by atoms with Crippen molar-refractivity contribution in [3.8, 4) is 5.75 Å². The lowest BCUT2D eigenvalue weighted by molar-refractivity contribution is 0.0963. The van der Waals surface area contributed by atoms with Crippen LogP contribution in [0.1, 0.15) is 63.0 Å². The number of benzene rings is 1. The topological polar surface area (TPSA) is 40.5 Å². The van der Waals surface area contributed by atoms with Gasteiger partial charge in [0.25, 0.3) is 0 Å². The Hall–Kier alpha value is -0.940. The molecule has 0 atom stereocenters. The second-order valence-electron chi connectivity index (χ2n) is 8.17. The molecule has 0 fully saturated rings. The van der Waals surface area contributed by atoms with Gasteiger partial charge < -0.3 is 10.0 Å². The van der Waals surface area contributed by atoms with E-state index in [0.29, 0.717) is 17.9 Å². The first kappa shape index (κ1) is 21.1. The van der Waals surface area contributed by atoms with Gasteiger partial charge in [-0.25, -0.2) is 0 Å². The van der Waals surface area contributed by atoms with Crippen LogP contribution in [0.4, 0.5) is 0 Å². The number of thioether (sulfide) groups is 1. The lowest BCUT2D eigenvalue weighted by Gasteiger charge is -2.28. The number of phenolic OH excluding ortho intramolecular Hbond substituents is 1. The molecule has 0 bridgehead atoms. The molecule has 0 radical (unpaired) electrons. The molecule has 24 heavy (non-hydrogen) atoms. The highest BCUT2D eigenvalue weighted by molar-refractivity contribution is 8.93. The zero-order chi connectivity index (χ0) is 17.4. The van der Waals surface area contributed by atoms with E-state index in [4.69, 9.17) is 0 Å². The first-order valence-electron chi connectivity index (χ1n) is 7.93. The van der Waals surface area contributed by atoms with Crippen LogP contribution in [-0.2, 0) is 10.8 Å². The molecule has 0 unspecified atom stereocenters. The molecule has 0 spiro atoms. The molecular weight excluding hydrogens is 386 g/mol. The van der Waals surface area contributed by atoms with Crippen LogP contribution in [-0.4, -0.2) is 28.2 Å². The Labute approximate surface area is 160 Å². The zero-order valence-electron chi connectivity index (χ0n) is 15.3. The first-order chi connectivity index (χ1) is 10.5. The van der Waals surface area contributed by atoms with Gasteiger partial charge in [0.15, 0.2) is 5.78 Å². The summed E-state index contributed by atoms with van der Waals surface area (Å²) in [5, 5.41) is 12.7. The van der Waals surface area contributed by atoms with Crippen molar-refractivity contribution in [2.24, 2.45) is 0 Å².